The van der Waals surface area contributed by atoms with Gasteiger partial charge in [0.1, 0.15) is 23.7 Å². The maximum Gasteiger partial charge on any atom is 0.335 e. The normalized spacial score (nSPS) is 17.2. The Labute approximate surface area is 271 Å². The number of aryl methyl sites for hydroxylation is 1. The number of fused-ring (bicyclic) bond motifs is 7. The largest absolute Gasteiger partial charge is 0.492 e. The monoisotopic (exact) mass is 630 g/mol. The van der Waals surface area contributed by atoms with E-state index in [-0.39, 0.29) is 18.3 Å². The molecule has 2 atom stereocenters. The van der Waals surface area contributed by atoms with Crippen LogP contribution in [0, 0.1) is 11.3 Å². The van der Waals surface area contributed by atoms with Crippen molar-refractivity contribution >= 4 is 17.0 Å². The van der Waals surface area contributed by atoms with Gasteiger partial charge in [0.15, 0.2) is 0 Å². The van der Waals surface area contributed by atoms with Crippen LogP contribution in [0.15, 0.2) is 66.7 Å². The molecule has 4 bridgehead atoms. The number of nitrogens with zero attached hydrogens (tertiary/aromatic N) is 4. The molecule has 4 heterocycles. The number of rotatable bonds is 7. The van der Waals surface area contributed by atoms with Crippen LogP contribution in [-0.2, 0) is 30.7 Å². The number of aromatic nitrogens is 3. The highest BCUT2D eigenvalue weighted by Gasteiger charge is 2.25. The number of nitriles is 1. The predicted octanol–water partition coefficient (Wildman–Crippen LogP) is 6.01. The van der Waals surface area contributed by atoms with E-state index in [1.54, 1.807) is 24.3 Å². The number of hydrogen-bond acceptors (Lipinski definition) is 8. The first-order chi connectivity index (χ1) is 22.9. The minimum atomic E-state index is -1.03. The molecule has 2 aliphatic rings. The fourth-order valence-corrected chi connectivity index (χ4v) is 6.32. The van der Waals surface area contributed by atoms with Crippen molar-refractivity contribution in [3.05, 3.63) is 106 Å². The Balaban J connectivity index is 1.32. The summed E-state index contributed by atoms with van der Waals surface area (Å²) in [5, 5.41) is 30.9. The SMILES string of the molecule is CCOc1cc(C(=O)O)cc2c1nc(Cc1ccc3cc1CCC(O)c1cc(C#N)ccc1COc1cccc-3n1)n2C[C@@H]1CCO1. The van der Waals surface area contributed by atoms with Gasteiger partial charge >= 0.3 is 5.97 Å². The lowest BCUT2D eigenvalue weighted by atomic mass is 9.92. The molecule has 47 heavy (non-hydrogen) atoms. The third kappa shape index (κ3) is 6.15. The number of ether oxygens (including phenoxy) is 3. The Morgan fingerprint density at radius 1 is 1.09 bits per heavy atom. The number of carbonyl (C=O) groups is 1. The third-order valence-corrected chi connectivity index (χ3v) is 8.90. The molecule has 2 aromatic heterocycles. The molecule has 10 nitrogen and oxygen atoms in total. The van der Waals surface area contributed by atoms with E-state index in [0.717, 1.165) is 40.2 Å². The van der Waals surface area contributed by atoms with Crippen LogP contribution < -0.4 is 9.47 Å². The summed E-state index contributed by atoms with van der Waals surface area (Å²) in [5.41, 5.74) is 7.13. The van der Waals surface area contributed by atoms with Gasteiger partial charge in [-0.15, -0.1) is 0 Å². The molecule has 0 saturated carbocycles. The first-order valence-corrected chi connectivity index (χ1v) is 15.8. The second-order valence-electron chi connectivity index (χ2n) is 11.9. The lowest BCUT2D eigenvalue weighted by Gasteiger charge is -2.27. The Kier molecular flexibility index (Phi) is 8.33. The molecule has 1 saturated heterocycles. The fraction of sp³-hybridized carbons (Fsp3) is 0.297. The molecule has 238 valence electrons. The molecule has 0 amide bonds. The molecule has 1 fully saturated rings. The van der Waals surface area contributed by atoms with Crippen molar-refractivity contribution in [1.82, 2.24) is 14.5 Å². The van der Waals surface area contributed by atoms with Gasteiger partial charge in [-0.2, -0.15) is 5.26 Å². The zero-order chi connectivity index (χ0) is 32.5. The van der Waals surface area contributed by atoms with Gasteiger partial charge in [-0.1, -0.05) is 24.3 Å². The van der Waals surface area contributed by atoms with Crippen LogP contribution >= 0.6 is 0 Å². The first kappa shape index (κ1) is 30.4. The lowest BCUT2D eigenvalue weighted by molar-refractivity contribution is -0.0589. The molecule has 7 rings (SSSR count). The van der Waals surface area contributed by atoms with Gasteiger partial charge in [-0.3, -0.25) is 0 Å². The maximum atomic E-state index is 12.0. The van der Waals surface area contributed by atoms with Gasteiger partial charge < -0.3 is 29.0 Å². The molecule has 5 aromatic rings. The molecule has 10 heteroatoms. The van der Waals surface area contributed by atoms with Gasteiger partial charge in [-0.25, -0.2) is 14.8 Å². The predicted molar refractivity (Wildman–Crippen MR) is 173 cm³/mol. The molecule has 1 unspecified atom stereocenters. The average Bonchev–Trinajstić information content (AvgIpc) is 3.41. The number of benzene rings is 3. The number of aliphatic hydroxyl groups is 1. The number of pyridine rings is 1. The quantitative estimate of drug-likeness (QED) is 0.221. The summed E-state index contributed by atoms with van der Waals surface area (Å²) in [6.07, 6.45) is 1.55. The van der Waals surface area contributed by atoms with E-state index in [2.05, 4.69) is 22.8 Å². The number of imidazole rings is 1. The average molecular weight is 631 g/mol. The van der Waals surface area contributed by atoms with Gasteiger partial charge in [-0.05, 0) is 84.8 Å². The number of carboxylic acids is 1. The Bertz CT molecular complexity index is 2030. The molecular weight excluding hydrogens is 596 g/mol. The van der Waals surface area contributed by atoms with Crippen LogP contribution in [-0.4, -0.2) is 50.0 Å². The minimum Gasteiger partial charge on any atom is -0.492 e. The summed E-state index contributed by atoms with van der Waals surface area (Å²) < 4.78 is 19.8. The summed E-state index contributed by atoms with van der Waals surface area (Å²) in [7, 11) is 0. The van der Waals surface area contributed by atoms with Gasteiger partial charge in [0.05, 0.1) is 53.8 Å². The van der Waals surface area contributed by atoms with Crippen molar-refractivity contribution < 1.29 is 29.2 Å². The second kappa shape index (κ2) is 12.9. The van der Waals surface area contributed by atoms with Crippen LogP contribution in [0.1, 0.15) is 69.9 Å². The zero-order valence-corrected chi connectivity index (χ0v) is 26.0. The van der Waals surface area contributed by atoms with Crippen molar-refractivity contribution in [1.29, 1.82) is 5.26 Å². The number of hydrogen-bond donors (Lipinski definition) is 2. The third-order valence-electron chi connectivity index (χ3n) is 8.90. The summed E-state index contributed by atoms with van der Waals surface area (Å²) in [4.78, 5) is 21.8. The smallest absolute Gasteiger partial charge is 0.335 e. The molecule has 2 N–H and O–H groups in total. The highest BCUT2D eigenvalue weighted by molar-refractivity contribution is 5.95. The maximum absolute atomic E-state index is 12.0. The second-order valence-corrected chi connectivity index (χ2v) is 11.9. The van der Waals surface area contributed by atoms with Gasteiger partial charge in [0, 0.05) is 24.7 Å². The topological polar surface area (TPSA) is 140 Å². The summed E-state index contributed by atoms with van der Waals surface area (Å²) in [6.45, 7) is 3.69. The van der Waals surface area contributed by atoms with E-state index in [1.807, 2.05) is 31.2 Å². The van der Waals surface area contributed by atoms with E-state index in [0.29, 0.717) is 72.8 Å². The van der Waals surface area contributed by atoms with E-state index < -0.39 is 12.1 Å². The van der Waals surface area contributed by atoms with Crippen LogP contribution in [0.25, 0.3) is 22.3 Å². The Morgan fingerprint density at radius 3 is 2.72 bits per heavy atom. The van der Waals surface area contributed by atoms with Crippen molar-refractivity contribution in [2.45, 2.75) is 58.0 Å². The molecule has 0 spiro atoms. The van der Waals surface area contributed by atoms with Crippen molar-refractivity contribution in [2.75, 3.05) is 13.2 Å². The molecule has 2 aliphatic heterocycles. The van der Waals surface area contributed by atoms with Crippen molar-refractivity contribution in [2.24, 2.45) is 0 Å². The fourth-order valence-electron chi connectivity index (χ4n) is 6.32. The van der Waals surface area contributed by atoms with Crippen LogP contribution in [0.4, 0.5) is 0 Å². The Morgan fingerprint density at radius 2 is 1.96 bits per heavy atom. The zero-order valence-electron chi connectivity index (χ0n) is 26.0. The summed E-state index contributed by atoms with van der Waals surface area (Å²) in [6, 6.07) is 22.5. The van der Waals surface area contributed by atoms with Crippen molar-refractivity contribution in [3.63, 3.8) is 0 Å². The first-order valence-electron chi connectivity index (χ1n) is 15.8. The number of aliphatic hydroxyl groups excluding tert-OH is 1. The van der Waals surface area contributed by atoms with Crippen LogP contribution in [0.2, 0.25) is 0 Å². The van der Waals surface area contributed by atoms with Crippen molar-refractivity contribution in [3.8, 4) is 29.0 Å². The Hall–Kier alpha value is -5.24. The lowest BCUT2D eigenvalue weighted by Crippen LogP contribution is -2.31. The molecule has 0 radical (unpaired) electrons. The van der Waals surface area contributed by atoms with E-state index in [1.165, 1.54) is 6.07 Å². The van der Waals surface area contributed by atoms with Crippen LogP contribution in [0.3, 0.4) is 0 Å². The van der Waals surface area contributed by atoms with Gasteiger partial charge in [0.2, 0.25) is 5.88 Å². The molecule has 3 aromatic carbocycles. The minimum absolute atomic E-state index is 0.0144. The number of aromatic carboxylic acids is 1. The van der Waals surface area contributed by atoms with Crippen LogP contribution in [0.5, 0.6) is 11.6 Å². The summed E-state index contributed by atoms with van der Waals surface area (Å²) in [5.74, 6) is 0.637. The van der Waals surface area contributed by atoms with E-state index in [4.69, 9.17) is 24.2 Å². The summed E-state index contributed by atoms with van der Waals surface area (Å²) >= 11 is 0. The highest BCUT2D eigenvalue weighted by Crippen LogP contribution is 2.33. The number of carboxylic acid groups (broad SMARTS) is 1. The standard InChI is InChI=1S/C37H34N4O6/c1-2-45-33-17-27(37(43)44)16-31-36(33)40-34(41(31)20-28-12-13-46-28)18-24-8-9-25-15-23(24)10-11-32(42)29-14-22(19-38)6-7-26(29)21-47-35-5-3-4-30(25)39-35/h3-9,14-17,28,32,42H,2,10-13,18,20-21H2,1H3,(H,43,44)/t28-,32?/m0/s1. The van der Waals surface area contributed by atoms with E-state index >= 15 is 0 Å². The highest BCUT2D eigenvalue weighted by atomic mass is 16.5. The molecule has 0 aliphatic carbocycles. The van der Waals surface area contributed by atoms with E-state index in [9.17, 15) is 20.3 Å². The van der Waals surface area contributed by atoms with Gasteiger partial charge in [0.25, 0.3) is 0 Å². The molecular formula is C37H34N4O6.